The molecule has 0 radical (unpaired) electrons. The second kappa shape index (κ2) is 10.5. The zero-order chi connectivity index (χ0) is 23.0. The molecule has 1 fully saturated rings. The van der Waals surface area contributed by atoms with Gasteiger partial charge in [-0.1, -0.05) is 54.6 Å². The molecule has 1 saturated heterocycles. The van der Waals surface area contributed by atoms with Gasteiger partial charge in [-0.3, -0.25) is 0 Å². The zero-order valence-corrected chi connectivity index (χ0v) is 18.8. The molecule has 0 aliphatic carbocycles. The Morgan fingerprint density at radius 2 is 1.48 bits per heavy atom. The van der Waals surface area contributed by atoms with Crippen LogP contribution >= 0.6 is 0 Å². The van der Waals surface area contributed by atoms with E-state index in [-0.39, 0.29) is 0 Å². The molecule has 4 rings (SSSR count). The van der Waals surface area contributed by atoms with Crippen LogP contribution in [-0.2, 0) is 0 Å². The van der Waals surface area contributed by atoms with Crippen LogP contribution in [0.15, 0.2) is 83.5 Å². The molecule has 0 spiro atoms. The van der Waals surface area contributed by atoms with Gasteiger partial charge in [-0.05, 0) is 36.8 Å². The van der Waals surface area contributed by atoms with Gasteiger partial charge in [0.1, 0.15) is 11.7 Å². The number of benzene rings is 2. The van der Waals surface area contributed by atoms with E-state index in [9.17, 15) is 0 Å². The number of hydrogen-bond donors (Lipinski definition) is 2. The Bertz CT molecular complexity index is 1140. The lowest BCUT2D eigenvalue weighted by Gasteiger charge is -2.36. The van der Waals surface area contributed by atoms with Crippen molar-refractivity contribution in [2.24, 2.45) is 16.5 Å². The van der Waals surface area contributed by atoms with E-state index in [0.29, 0.717) is 23.2 Å². The maximum Gasteiger partial charge on any atom is 0.160 e. The zero-order valence-electron chi connectivity index (χ0n) is 18.8. The second-order valence-electron chi connectivity index (χ2n) is 7.92. The number of nitrogens with two attached hydrogens (primary N) is 2. The summed E-state index contributed by atoms with van der Waals surface area (Å²) in [7, 11) is 0. The van der Waals surface area contributed by atoms with Crippen LogP contribution in [0.4, 0.5) is 17.3 Å². The van der Waals surface area contributed by atoms with Gasteiger partial charge in [0, 0.05) is 43.6 Å². The minimum absolute atomic E-state index is 0.312. The summed E-state index contributed by atoms with van der Waals surface area (Å²) in [6.07, 6.45) is 5.52. The highest BCUT2D eigenvalue weighted by Crippen LogP contribution is 2.23. The number of aromatic nitrogens is 2. The van der Waals surface area contributed by atoms with Crippen molar-refractivity contribution in [1.82, 2.24) is 9.97 Å². The monoisotopic (exact) mass is 439 g/mol. The maximum atomic E-state index is 6.03. The van der Waals surface area contributed by atoms with Gasteiger partial charge in [0.25, 0.3) is 0 Å². The van der Waals surface area contributed by atoms with Crippen LogP contribution in [-0.4, -0.2) is 42.0 Å². The highest BCUT2D eigenvalue weighted by Gasteiger charge is 2.19. The minimum atomic E-state index is 0.312. The smallest absolute Gasteiger partial charge is 0.160 e. The largest absolute Gasteiger partial charge is 0.402 e. The first-order valence-corrected chi connectivity index (χ1v) is 11.0. The molecule has 4 N–H and O–H groups in total. The fraction of sp³-hybridized carbons (Fsp3) is 0.192. The van der Waals surface area contributed by atoms with E-state index in [2.05, 4.69) is 44.0 Å². The van der Waals surface area contributed by atoms with Gasteiger partial charge in [0.2, 0.25) is 0 Å². The van der Waals surface area contributed by atoms with Crippen LogP contribution in [0.2, 0.25) is 0 Å². The van der Waals surface area contributed by atoms with Crippen molar-refractivity contribution in [1.29, 1.82) is 0 Å². The number of nitrogens with zero attached hydrogens (tertiary/aromatic N) is 5. The molecule has 7 nitrogen and oxygen atoms in total. The Kier molecular flexibility index (Phi) is 6.99. The van der Waals surface area contributed by atoms with Crippen molar-refractivity contribution < 1.29 is 0 Å². The van der Waals surface area contributed by atoms with Gasteiger partial charge in [-0.15, -0.1) is 0 Å². The van der Waals surface area contributed by atoms with Gasteiger partial charge >= 0.3 is 0 Å². The normalized spacial score (nSPS) is 15.3. The lowest BCUT2D eigenvalue weighted by Crippen LogP contribution is -2.46. The number of aliphatic imine (C=N–C) groups is 1. The topological polar surface area (TPSA) is 96.7 Å². The second-order valence-corrected chi connectivity index (χ2v) is 7.92. The van der Waals surface area contributed by atoms with E-state index in [1.807, 2.05) is 54.6 Å². The van der Waals surface area contributed by atoms with Crippen molar-refractivity contribution in [2.75, 3.05) is 36.0 Å². The number of piperazine rings is 1. The molecule has 2 heterocycles. The standard InChI is InChI=1S/C26H29N7/c1-20(27)18-23(28)29-25-19-26(31-24(30-25)13-12-21-8-4-2-5-9-21)33-16-14-32(15-17-33)22-10-6-3-7-11-22/h2-13,18-19H,14-17,27H2,1H3,(H2,28,29,30,31)/b13-12+,20-18-. The van der Waals surface area contributed by atoms with E-state index < -0.39 is 0 Å². The van der Waals surface area contributed by atoms with Crippen LogP contribution in [0.25, 0.3) is 12.2 Å². The Labute approximate surface area is 194 Å². The number of hydrogen-bond acceptors (Lipinski definition) is 6. The number of rotatable bonds is 6. The predicted molar refractivity (Wildman–Crippen MR) is 137 cm³/mol. The summed E-state index contributed by atoms with van der Waals surface area (Å²) in [6, 6.07) is 22.4. The van der Waals surface area contributed by atoms with Crippen molar-refractivity contribution in [2.45, 2.75) is 6.92 Å². The number of para-hydroxylation sites is 1. The Morgan fingerprint density at radius 3 is 2.15 bits per heavy atom. The molecule has 0 bridgehead atoms. The van der Waals surface area contributed by atoms with Gasteiger partial charge < -0.3 is 21.3 Å². The lowest BCUT2D eigenvalue weighted by atomic mass is 10.2. The van der Waals surface area contributed by atoms with Crippen LogP contribution in [0, 0.1) is 0 Å². The first-order chi connectivity index (χ1) is 16.1. The molecule has 0 amide bonds. The summed E-state index contributed by atoms with van der Waals surface area (Å²) >= 11 is 0. The van der Waals surface area contributed by atoms with E-state index in [1.165, 1.54) is 5.69 Å². The molecule has 3 aromatic rings. The molecule has 1 aliphatic rings. The Morgan fingerprint density at radius 1 is 0.848 bits per heavy atom. The van der Waals surface area contributed by atoms with Crippen LogP contribution in [0.5, 0.6) is 0 Å². The average molecular weight is 440 g/mol. The SMILES string of the molecule is C/C(N)=C/C(N)=N\c1cc(N2CCN(c3ccccc3)CC2)nc(/C=C/c2ccccc2)n1. The molecule has 7 heteroatoms. The molecule has 33 heavy (non-hydrogen) atoms. The van der Waals surface area contributed by atoms with Crippen molar-refractivity contribution in [3.05, 3.63) is 89.9 Å². The lowest BCUT2D eigenvalue weighted by molar-refractivity contribution is 0.646. The first-order valence-electron chi connectivity index (χ1n) is 11.0. The summed E-state index contributed by atoms with van der Waals surface area (Å²) in [4.78, 5) is 18.5. The fourth-order valence-corrected chi connectivity index (χ4v) is 3.70. The summed E-state index contributed by atoms with van der Waals surface area (Å²) in [5.41, 5.74) is 14.7. The van der Waals surface area contributed by atoms with Gasteiger partial charge in [0.15, 0.2) is 11.6 Å². The van der Waals surface area contributed by atoms with Crippen molar-refractivity contribution in [3.8, 4) is 0 Å². The molecular formula is C26H29N7. The van der Waals surface area contributed by atoms with Gasteiger partial charge in [0.05, 0.1) is 0 Å². The summed E-state index contributed by atoms with van der Waals surface area (Å²) < 4.78 is 0. The number of anilines is 2. The Hall–Kier alpha value is -4.13. The van der Waals surface area contributed by atoms with Gasteiger partial charge in [-0.25, -0.2) is 15.0 Å². The third-order valence-electron chi connectivity index (χ3n) is 5.29. The average Bonchev–Trinajstić information content (AvgIpc) is 2.83. The van der Waals surface area contributed by atoms with Crippen molar-refractivity contribution >= 4 is 35.3 Å². The van der Waals surface area contributed by atoms with Gasteiger partial charge in [-0.2, -0.15) is 0 Å². The van der Waals surface area contributed by atoms with E-state index in [1.54, 1.807) is 13.0 Å². The Balaban J connectivity index is 1.59. The van der Waals surface area contributed by atoms with Crippen LogP contribution < -0.4 is 21.3 Å². The number of allylic oxidation sites excluding steroid dienone is 1. The van der Waals surface area contributed by atoms with E-state index >= 15 is 0 Å². The molecule has 0 atom stereocenters. The summed E-state index contributed by atoms with van der Waals surface area (Å²) in [5.74, 6) is 2.24. The first kappa shape index (κ1) is 22.1. The molecule has 168 valence electrons. The highest BCUT2D eigenvalue weighted by atomic mass is 15.3. The highest BCUT2D eigenvalue weighted by molar-refractivity contribution is 5.93. The van der Waals surface area contributed by atoms with Crippen LogP contribution in [0.3, 0.4) is 0 Å². The molecular weight excluding hydrogens is 410 g/mol. The maximum absolute atomic E-state index is 6.03. The minimum Gasteiger partial charge on any atom is -0.402 e. The predicted octanol–water partition coefficient (Wildman–Crippen LogP) is 3.82. The summed E-state index contributed by atoms with van der Waals surface area (Å²) in [6.45, 7) is 5.31. The van der Waals surface area contributed by atoms with E-state index in [4.69, 9.17) is 16.5 Å². The molecule has 0 saturated carbocycles. The molecule has 1 aliphatic heterocycles. The molecule has 1 aromatic heterocycles. The molecule has 2 aromatic carbocycles. The van der Waals surface area contributed by atoms with Crippen LogP contribution in [0.1, 0.15) is 18.3 Å². The van der Waals surface area contributed by atoms with E-state index in [0.717, 1.165) is 37.6 Å². The quantitative estimate of drug-likeness (QED) is 0.448. The third kappa shape index (κ3) is 6.20. The number of amidine groups is 1. The fourth-order valence-electron chi connectivity index (χ4n) is 3.70. The molecule has 0 unspecified atom stereocenters. The third-order valence-corrected chi connectivity index (χ3v) is 5.29. The summed E-state index contributed by atoms with van der Waals surface area (Å²) in [5, 5.41) is 0. The van der Waals surface area contributed by atoms with Crippen molar-refractivity contribution in [3.63, 3.8) is 0 Å².